The number of aromatic nitrogens is 1. The molecule has 1 amide bonds. The maximum absolute atomic E-state index is 11.6. The maximum Gasteiger partial charge on any atom is 0.221 e. The van der Waals surface area contributed by atoms with Crippen LogP contribution < -0.4 is 10.6 Å². The summed E-state index contributed by atoms with van der Waals surface area (Å²) in [5.41, 5.74) is 2.51. The van der Waals surface area contributed by atoms with Crippen LogP contribution in [0.15, 0.2) is 30.5 Å². The molecule has 3 N–H and O–H groups in total. The second kappa shape index (κ2) is 8.59. The van der Waals surface area contributed by atoms with E-state index in [-0.39, 0.29) is 5.91 Å². The van der Waals surface area contributed by atoms with Crippen LogP contribution in [0, 0.1) is 5.92 Å². The molecule has 1 aromatic carbocycles. The Kier molecular flexibility index (Phi) is 6.46. The van der Waals surface area contributed by atoms with Gasteiger partial charge in [-0.25, -0.2) is 0 Å². The summed E-state index contributed by atoms with van der Waals surface area (Å²) in [4.78, 5) is 14.9. The first-order chi connectivity index (χ1) is 10.7. The van der Waals surface area contributed by atoms with Crippen molar-refractivity contribution in [2.75, 3.05) is 19.6 Å². The minimum Gasteiger partial charge on any atom is -0.361 e. The Balaban J connectivity index is 1.60. The van der Waals surface area contributed by atoms with E-state index >= 15 is 0 Å². The molecule has 1 heterocycles. The Bertz CT molecular complexity index is 589. The molecule has 2 aromatic rings. The first kappa shape index (κ1) is 16.6. The minimum absolute atomic E-state index is 0.139. The number of carbonyl (C=O) groups is 1. The minimum atomic E-state index is 0.139. The van der Waals surface area contributed by atoms with Gasteiger partial charge in [-0.3, -0.25) is 4.79 Å². The molecular formula is C18H27N3O. The molecule has 0 saturated heterocycles. The van der Waals surface area contributed by atoms with E-state index < -0.39 is 0 Å². The van der Waals surface area contributed by atoms with Gasteiger partial charge in [-0.2, -0.15) is 0 Å². The van der Waals surface area contributed by atoms with Crippen LogP contribution in [0.25, 0.3) is 10.9 Å². The Morgan fingerprint density at radius 3 is 2.82 bits per heavy atom. The van der Waals surface area contributed by atoms with E-state index in [1.807, 2.05) is 6.07 Å². The number of benzene rings is 1. The van der Waals surface area contributed by atoms with E-state index in [2.05, 4.69) is 53.9 Å². The predicted octanol–water partition coefficient (Wildman–Crippen LogP) is 2.85. The van der Waals surface area contributed by atoms with Crippen molar-refractivity contribution in [2.45, 2.75) is 33.1 Å². The maximum atomic E-state index is 11.6. The SMILES string of the molecule is CC(C)CCNC(=O)CCNCCc1c[nH]c2ccccc12. The molecule has 0 spiro atoms. The number of carbonyl (C=O) groups excluding carboxylic acids is 1. The van der Waals surface area contributed by atoms with Crippen LogP contribution in [-0.2, 0) is 11.2 Å². The fourth-order valence-corrected chi connectivity index (χ4v) is 2.48. The molecule has 0 aliphatic heterocycles. The van der Waals surface area contributed by atoms with Crippen molar-refractivity contribution in [3.05, 3.63) is 36.0 Å². The molecule has 0 saturated carbocycles. The van der Waals surface area contributed by atoms with Crippen LogP contribution in [0.2, 0.25) is 0 Å². The highest BCUT2D eigenvalue weighted by atomic mass is 16.1. The van der Waals surface area contributed by atoms with Crippen molar-refractivity contribution < 1.29 is 4.79 Å². The first-order valence-corrected chi connectivity index (χ1v) is 8.19. The number of amides is 1. The molecule has 22 heavy (non-hydrogen) atoms. The second-order valence-electron chi connectivity index (χ2n) is 6.14. The van der Waals surface area contributed by atoms with E-state index in [9.17, 15) is 4.79 Å². The second-order valence-corrected chi connectivity index (χ2v) is 6.14. The summed E-state index contributed by atoms with van der Waals surface area (Å²) >= 11 is 0. The van der Waals surface area contributed by atoms with Crippen molar-refractivity contribution in [1.29, 1.82) is 0 Å². The fourth-order valence-electron chi connectivity index (χ4n) is 2.48. The highest BCUT2D eigenvalue weighted by Gasteiger charge is 2.03. The molecule has 4 heteroatoms. The Morgan fingerprint density at radius 2 is 2.00 bits per heavy atom. The van der Waals surface area contributed by atoms with Crippen LogP contribution in [0.5, 0.6) is 0 Å². The fraction of sp³-hybridized carbons (Fsp3) is 0.500. The lowest BCUT2D eigenvalue weighted by Gasteiger charge is -2.08. The first-order valence-electron chi connectivity index (χ1n) is 8.19. The summed E-state index contributed by atoms with van der Waals surface area (Å²) in [5.74, 6) is 0.773. The van der Waals surface area contributed by atoms with Crippen molar-refractivity contribution in [2.24, 2.45) is 5.92 Å². The standard InChI is InChI=1S/C18H27N3O/c1-14(2)7-12-20-18(22)9-11-19-10-8-15-13-21-17-6-4-3-5-16(15)17/h3-6,13-14,19,21H,7-12H2,1-2H3,(H,20,22). The topological polar surface area (TPSA) is 56.9 Å². The Hall–Kier alpha value is -1.81. The molecule has 120 valence electrons. The molecule has 0 fully saturated rings. The third-order valence-electron chi connectivity index (χ3n) is 3.82. The molecule has 1 aromatic heterocycles. The van der Waals surface area contributed by atoms with E-state index in [1.165, 1.54) is 16.5 Å². The van der Waals surface area contributed by atoms with E-state index in [4.69, 9.17) is 0 Å². The number of hydrogen-bond donors (Lipinski definition) is 3. The van der Waals surface area contributed by atoms with Crippen molar-refractivity contribution in [3.8, 4) is 0 Å². The van der Waals surface area contributed by atoms with E-state index in [1.54, 1.807) is 0 Å². The summed E-state index contributed by atoms with van der Waals surface area (Å²) in [6.07, 6.45) is 4.63. The summed E-state index contributed by atoms with van der Waals surface area (Å²) in [7, 11) is 0. The molecule has 0 aliphatic carbocycles. The van der Waals surface area contributed by atoms with Gasteiger partial charge in [0.25, 0.3) is 0 Å². The summed E-state index contributed by atoms with van der Waals surface area (Å²) in [5, 5.41) is 7.59. The predicted molar refractivity (Wildman–Crippen MR) is 92.0 cm³/mol. The molecule has 4 nitrogen and oxygen atoms in total. The molecule has 0 unspecified atom stereocenters. The van der Waals surface area contributed by atoms with Crippen LogP contribution in [0.4, 0.5) is 0 Å². The van der Waals surface area contributed by atoms with Gasteiger partial charge in [0.05, 0.1) is 0 Å². The van der Waals surface area contributed by atoms with Gasteiger partial charge in [-0.1, -0.05) is 32.0 Å². The molecule has 0 bridgehead atoms. The summed E-state index contributed by atoms with van der Waals surface area (Å²) < 4.78 is 0. The van der Waals surface area contributed by atoms with Gasteiger partial charge in [0.1, 0.15) is 0 Å². The highest BCUT2D eigenvalue weighted by molar-refractivity contribution is 5.83. The van der Waals surface area contributed by atoms with Gasteiger partial charge < -0.3 is 15.6 Å². The third-order valence-corrected chi connectivity index (χ3v) is 3.82. The van der Waals surface area contributed by atoms with Crippen LogP contribution in [-0.4, -0.2) is 30.5 Å². The summed E-state index contributed by atoms with van der Waals surface area (Å²) in [6.45, 7) is 6.74. The van der Waals surface area contributed by atoms with Gasteiger partial charge >= 0.3 is 0 Å². The molecule has 0 atom stereocenters. The number of hydrogen-bond acceptors (Lipinski definition) is 2. The largest absolute Gasteiger partial charge is 0.361 e. The number of fused-ring (bicyclic) bond motifs is 1. The third kappa shape index (κ3) is 5.19. The van der Waals surface area contributed by atoms with Gasteiger partial charge in [0, 0.05) is 36.6 Å². The van der Waals surface area contributed by atoms with Crippen LogP contribution >= 0.6 is 0 Å². The molecule has 0 aliphatic rings. The van der Waals surface area contributed by atoms with Crippen LogP contribution in [0.1, 0.15) is 32.3 Å². The van der Waals surface area contributed by atoms with Gasteiger partial charge in [-0.15, -0.1) is 0 Å². The number of nitrogens with one attached hydrogen (secondary N) is 3. The lowest BCUT2D eigenvalue weighted by molar-refractivity contribution is -0.121. The average Bonchev–Trinajstić information content (AvgIpc) is 2.90. The van der Waals surface area contributed by atoms with Gasteiger partial charge in [-0.05, 0) is 36.9 Å². The van der Waals surface area contributed by atoms with Crippen LogP contribution in [0.3, 0.4) is 0 Å². The normalized spacial score (nSPS) is 11.2. The lowest BCUT2D eigenvalue weighted by Crippen LogP contribution is -2.29. The van der Waals surface area contributed by atoms with Crippen molar-refractivity contribution >= 4 is 16.8 Å². The summed E-state index contributed by atoms with van der Waals surface area (Å²) in [6, 6.07) is 8.34. The van der Waals surface area contributed by atoms with E-state index in [0.717, 1.165) is 32.5 Å². The van der Waals surface area contributed by atoms with E-state index in [0.29, 0.717) is 12.3 Å². The average molecular weight is 301 g/mol. The number of aromatic amines is 1. The monoisotopic (exact) mass is 301 g/mol. The molecule has 0 radical (unpaired) electrons. The Labute approximate surface area is 132 Å². The molecule has 2 rings (SSSR count). The zero-order valence-electron chi connectivity index (χ0n) is 13.6. The van der Waals surface area contributed by atoms with Gasteiger partial charge in [0.2, 0.25) is 5.91 Å². The Morgan fingerprint density at radius 1 is 1.18 bits per heavy atom. The number of H-pyrrole nitrogens is 1. The zero-order valence-corrected chi connectivity index (χ0v) is 13.6. The smallest absolute Gasteiger partial charge is 0.221 e. The van der Waals surface area contributed by atoms with Gasteiger partial charge in [0.15, 0.2) is 0 Å². The number of rotatable bonds is 9. The number of para-hydroxylation sites is 1. The quantitative estimate of drug-likeness (QED) is 0.624. The zero-order chi connectivity index (χ0) is 15.8. The lowest BCUT2D eigenvalue weighted by atomic mass is 10.1. The molecular weight excluding hydrogens is 274 g/mol. The van der Waals surface area contributed by atoms with Crippen molar-refractivity contribution in [3.63, 3.8) is 0 Å². The highest BCUT2D eigenvalue weighted by Crippen LogP contribution is 2.17. The van der Waals surface area contributed by atoms with Crippen molar-refractivity contribution in [1.82, 2.24) is 15.6 Å².